The lowest BCUT2D eigenvalue weighted by Gasteiger charge is -2.16. The second kappa shape index (κ2) is 5.73. The van der Waals surface area contributed by atoms with Gasteiger partial charge in [-0.3, -0.25) is 4.79 Å². The summed E-state index contributed by atoms with van der Waals surface area (Å²) in [5, 5.41) is 2.85. The number of carbonyl (C=O) groups is 1. The Bertz CT molecular complexity index is 624. The molecular formula is C15H16N2O2S. The number of hydrogen-bond acceptors (Lipinski definition) is 4. The molecule has 1 aliphatic heterocycles. The summed E-state index contributed by atoms with van der Waals surface area (Å²) >= 11 is 1.54. The zero-order chi connectivity index (χ0) is 13.9. The van der Waals surface area contributed by atoms with Crippen LogP contribution in [0.1, 0.15) is 16.3 Å². The van der Waals surface area contributed by atoms with Gasteiger partial charge in [0.25, 0.3) is 0 Å². The Balaban J connectivity index is 1.71. The van der Waals surface area contributed by atoms with Gasteiger partial charge in [-0.1, -0.05) is 18.2 Å². The molecule has 2 heterocycles. The maximum Gasteiger partial charge on any atom is 0.233 e. The largest absolute Gasteiger partial charge is 0.378 e. The predicted octanol–water partition coefficient (Wildman–Crippen LogP) is 2.42. The molecule has 2 aromatic rings. The monoisotopic (exact) mass is 288 g/mol. The fraction of sp³-hybridized carbons (Fsp3) is 0.333. The standard InChI is InChI=1S/C15H16N2O2S/c1-19-9-14-16-12(10-20-14)8-15(18)17-7-6-11-4-2-3-5-13(11)17/h2-5,10H,6-9H2,1H3. The lowest BCUT2D eigenvalue weighted by Crippen LogP contribution is -2.30. The molecule has 0 N–H and O–H groups in total. The number of amides is 1. The molecule has 1 amide bonds. The summed E-state index contributed by atoms with van der Waals surface area (Å²) < 4.78 is 5.05. The van der Waals surface area contributed by atoms with E-state index >= 15 is 0 Å². The maximum absolute atomic E-state index is 12.4. The minimum absolute atomic E-state index is 0.115. The Morgan fingerprint density at radius 2 is 2.30 bits per heavy atom. The molecule has 0 spiro atoms. The SMILES string of the molecule is COCc1nc(CC(=O)N2CCc3ccccc32)cs1. The van der Waals surface area contributed by atoms with Gasteiger partial charge in [0.15, 0.2) is 0 Å². The van der Waals surface area contributed by atoms with Crippen molar-refractivity contribution >= 4 is 22.9 Å². The molecule has 0 atom stereocenters. The minimum Gasteiger partial charge on any atom is -0.378 e. The first kappa shape index (κ1) is 13.3. The van der Waals surface area contributed by atoms with Gasteiger partial charge in [-0.15, -0.1) is 11.3 Å². The molecular weight excluding hydrogens is 272 g/mol. The third-order valence-corrected chi connectivity index (χ3v) is 4.26. The highest BCUT2D eigenvalue weighted by atomic mass is 32.1. The Morgan fingerprint density at radius 3 is 3.15 bits per heavy atom. The van der Waals surface area contributed by atoms with Crippen LogP contribution in [0.5, 0.6) is 0 Å². The van der Waals surface area contributed by atoms with E-state index in [1.54, 1.807) is 7.11 Å². The van der Waals surface area contributed by atoms with Gasteiger partial charge in [-0.2, -0.15) is 0 Å². The molecule has 1 aromatic carbocycles. The van der Waals surface area contributed by atoms with Crippen LogP contribution in [0.3, 0.4) is 0 Å². The van der Waals surface area contributed by atoms with E-state index < -0.39 is 0 Å². The molecule has 1 aromatic heterocycles. The first-order valence-corrected chi connectivity index (χ1v) is 7.46. The highest BCUT2D eigenvalue weighted by molar-refractivity contribution is 7.09. The number of nitrogens with zero attached hydrogens (tertiary/aromatic N) is 2. The number of fused-ring (bicyclic) bond motifs is 1. The van der Waals surface area contributed by atoms with E-state index in [1.807, 2.05) is 28.5 Å². The highest BCUT2D eigenvalue weighted by Crippen LogP contribution is 2.28. The first-order valence-electron chi connectivity index (χ1n) is 6.58. The Kier molecular flexibility index (Phi) is 3.80. The van der Waals surface area contributed by atoms with E-state index in [0.29, 0.717) is 13.0 Å². The first-order chi connectivity index (χ1) is 9.78. The van der Waals surface area contributed by atoms with Crippen molar-refractivity contribution in [1.82, 2.24) is 4.98 Å². The molecule has 0 radical (unpaired) electrons. The number of para-hydroxylation sites is 1. The zero-order valence-electron chi connectivity index (χ0n) is 11.3. The summed E-state index contributed by atoms with van der Waals surface area (Å²) in [6, 6.07) is 8.09. The number of hydrogen-bond donors (Lipinski definition) is 0. The minimum atomic E-state index is 0.115. The number of carbonyl (C=O) groups excluding carboxylic acids is 1. The summed E-state index contributed by atoms with van der Waals surface area (Å²) in [4.78, 5) is 18.7. The van der Waals surface area contributed by atoms with Crippen LogP contribution in [0, 0.1) is 0 Å². The van der Waals surface area contributed by atoms with Crippen LogP contribution >= 0.6 is 11.3 Å². The smallest absolute Gasteiger partial charge is 0.233 e. The molecule has 3 rings (SSSR count). The predicted molar refractivity (Wildman–Crippen MR) is 79.0 cm³/mol. The van der Waals surface area contributed by atoms with Crippen molar-refractivity contribution in [3.8, 4) is 0 Å². The van der Waals surface area contributed by atoms with Gasteiger partial charge in [0.1, 0.15) is 5.01 Å². The quantitative estimate of drug-likeness (QED) is 0.867. The van der Waals surface area contributed by atoms with Gasteiger partial charge in [-0.25, -0.2) is 4.98 Å². The molecule has 4 nitrogen and oxygen atoms in total. The molecule has 104 valence electrons. The average molecular weight is 288 g/mol. The van der Waals surface area contributed by atoms with E-state index in [-0.39, 0.29) is 5.91 Å². The second-order valence-electron chi connectivity index (χ2n) is 4.77. The van der Waals surface area contributed by atoms with E-state index in [9.17, 15) is 4.79 Å². The third-order valence-electron chi connectivity index (χ3n) is 3.39. The summed E-state index contributed by atoms with van der Waals surface area (Å²) in [5.41, 5.74) is 3.13. The van der Waals surface area contributed by atoms with Crippen molar-refractivity contribution in [2.24, 2.45) is 0 Å². The van der Waals surface area contributed by atoms with Crippen LogP contribution in [0.2, 0.25) is 0 Å². The van der Waals surface area contributed by atoms with Crippen molar-refractivity contribution in [3.63, 3.8) is 0 Å². The number of ether oxygens (including phenoxy) is 1. The van der Waals surface area contributed by atoms with Gasteiger partial charge in [0.05, 0.1) is 18.7 Å². The van der Waals surface area contributed by atoms with Gasteiger partial charge in [0.2, 0.25) is 5.91 Å². The fourth-order valence-electron chi connectivity index (χ4n) is 2.47. The van der Waals surface area contributed by atoms with E-state index in [1.165, 1.54) is 16.9 Å². The summed E-state index contributed by atoms with van der Waals surface area (Å²) in [5.74, 6) is 0.115. The maximum atomic E-state index is 12.4. The van der Waals surface area contributed by atoms with Crippen LogP contribution < -0.4 is 4.90 Å². The number of anilines is 1. The number of rotatable bonds is 4. The lowest BCUT2D eigenvalue weighted by atomic mass is 10.2. The van der Waals surface area contributed by atoms with Crippen molar-refractivity contribution in [3.05, 3.63) is 45.9 Å². The van der Waals surface area contributed by atoms with E-state index in [4.69, 9.17) is 4.74 Å². The van der Waals surface area contributed by atoms with Crippen molar-refractivity contribution in [1.29, 1.82) is 0 Å². The Morgan fingerprint density at radius 1 is 1.45 bits per heavy atom. The molecule has 0 saturated heterocycles. The third kappa shape index (κ3) is 2.59. The number of methoxy groups -OCH3 is 1. The van der Waals surface area contributed by atoms with Crippen LogP contribution in [0.4, 0.5) is 5.69 Å². The molecule has 5 heteroatoms. The normalized spacial score (nSPS) is 13.6. The van der Waals surface area contributed by atoms with E-state index in [0.717, 1.165) is 29.4 Å². The van der Waals surface area contributed by atoms with Gasteiger partial charge < -0.3 is 9.64 Å². The summed E-state index contributed by atoms with van der Waals surface area (Å²) in [6.45, 7) is 1.28. The second-order valence-corrected chi connectivity index (χ2v) is 5.71. The zero-order valence-corrected chi connectivity index (χ0v) is 12.2. The Labute approximate surface area is 122 Å². The number of benzene rings is 1. The highest BCUT2D eigenvalue weighted by Gasteiger charge is 2.24. The molecule has 0 aliphatic carbocycles. The van der Waals surface area contributed by atoms with E-state index in [2.05, 4.69) is 11.1 Å². The van der Waals surface area contributed by atoms with Gasteiger partial charge in [-0.05, 0) is 18.1 Å². The van der Waals surface area contributed by atoms with Crippen LogP contribution in [0.15, 0.2) is 29.6 Å². The average Bonchev–Trinajstić information content (AvgIpc) is 3.06. The van der Waals surface area contributed by atoms with Crippen LogP contribution in [-0.4, -0.2) is 24.5 Å². The van der Waals surface area contributed by atoms with Crippen molar-refractivity contribution < 1.29 is 9.53 Å². The topological polar surface area (TPSA) is 42.4 Å². The molecule has 0 fully saturated rings. The van der Waals surface area contributed by atoms with Gasteiger partial charge >= 0.3 is 0 Å². The van der Waals surface area contributed by atoms with Crippen LogP contribution in [-0.2, 0) is 29.0 Å². The summed E-state index contributed by atoms with van der Waals surface area (Å²) in [7, 11) is 1.65. The number of aromatic nitrogens is 1. The van der Waals surface area contributed by atoms with Crippen LogP contribution in [0.25, 0.3) is 0 Å². The molecule has 0 unspecified atom stereocenters. The lowest BCUT2D eigenvalue weighted by molar-refractivity contribution is -0.117. The Hall–Kier alpha value is -1.72. The molecule has 0 bridgehead atoms. The van der Waals surface area contributed by atoms with Gasteiger partial charge in [0, 0.05) is 24.7 Å². The fourth-order valence-corrected chi connectivity index (χ4v) is 3.23. The molecule has 20 heavy (non-hydrogen) atoms. The molecule has 0 saturated carbocycles. The number of thiazole rings is 1. The summed E-state index contributed by atoms with van der Waals surface area (Å²) in [6.07, 6.45) is 1.29. The van der Waals surface area contributed by atoms with Crippen molar-refractivity contribution in [2.45, 2.75) is 19.4 Å². The van der Waals surface area contributed by atoms with Crippen molar-refractivity contribution in [2.75, 3.05) is 18.6 Å². The molecule has 1 aliphatic rings.